The summed E-state index contributed by atoms with van der Waals surface area (Å²) in [7, 11) is 0. The Morgan fingerprint density at radius 2 is 1.82 bits per heavy atom. The van der Waals surface area contributed by atoms with Gasteiger partial charge in [-0.3, -0.25) is 0 Å². The van der Waals surface area contributed by atoms with Crippen molar-refractivity contribution in [1.29, 1.82) is 0 Å². The lowest BCUT2D eigenvalue weighted by atomic mass is 9.62. The molecule has 0 fully saturated rings. The minimum atomic E-state index is -1.14. The second-order valence-corrected chi connectivity index (χ2v) is 10.9. The number of fused-ring (bicyclic) bond motifs is 2. The van der Waals surface area contributed by atoms with Gasteiger partial charge in [-0.2, -0.15) is 0 Å². The molecule has 0 N–H and O–H groups in total. The maximum Gasteiger partial charge on any atom is 0.0643 e. The van der Waals surface area contributed by atoms with Gasteiger partial charge in [0.1, 0.15) is 0 Å². The average Bonchev–Trinajstić information content (AvgIpc) is 3.07. The van der Waals surface area contributed by atoms with Crippen LogP contribution in [0.2, 0.25) is 0 Å². The number of thiophene rings is 1. The molecule has 1 atom stereocenters. The van der Waals surface area contributed by atoms with Crippen LogP contribution in [0.1, 0.15) is 91.3 Å². The van der Waals surface area contributed by atoms with E-state index >= 15 is 0 Å². The van der Waals surface area contributed by atoms with Crippen molar-refractivity contribution in [1.82, 2.24) is 0 Å². The summed E-state index contributed by atoms with van der Waals surface area (Å²) in [5.74, 6) is -0.723. The molecular weight excluding hydrogens is 364 g/mol. The molecule has 1 heterocycles. The normalized spacial score (nSPS) is 22.6. The Bertz CT molecular complexity index is 945. The highest BCUT2D eigenvalue weighted by Gasteiger charge is 2.37. The molecule has 1 aromatic heterocycles. The van der Waals surface area contributed by atoms with Crippen molar-refractivity contribution in [2.75, 3.05) is 0 Å². The number of carbonyl (C=O) groups is 1. The average molecular weight is 394 g/mol. The van der Waals surface area contributed by atoms with Crippen LogP contribution in [-0.2, 0) is 22.0 Å². The van der Waals surface area contributed by atoms with Gasteiger partial charge in [0.25, 0.3) is 0 Å². The van der Waals surface area contributed by atoms with Crippen molar-refractivity contribution in [2.24, 2.45) is 0 Å². The van der Waals surface area contributed by atoms with Crippen molar-refractivity contribution in [3.05, 3.63) is 62.3 Å². The molecule has 0 spiro atoms. The molecule has 0 amide bonds. The van der Waals surface area contributed by atoms with E-state index in [0.29, 0.717) is 5.92 Å². The summed E-state index contributed by atoms with van der Waals surface area (Å²) in [5.41, 5.74) is 6.29. The molecule has 0 bridgehead atoms. The van der Waals surface area contributed by atoms with E-state index in [9.17, 15) is 9.90 Å². The Morgan fingerprint density at radius 1 is 1.11 bits per heavy atom. The molecule has 0 radical (unpaired) electrons. The van der Waals surface area contributed by atoms with Crippen LogP contribution in [0.5, 0.6) is 0 Å². The van der Waals surface area contributed by atoms with Crippen molar-refractivity contribution in [3.63, 3.8) is 0 Å². The number of aliphatic carboxylic acids is 1. The third kappa shape index (κ3) is 3.45. The van der Waals surface area contributed by atoms with Gasteiger partial charge in [-0.1, -0.05) is 45.9 Å². The zero-order chi connectivity index (χ0) is 20.1. The van der Waals surface area contributed by atoms with Gasteiger partial charge in [-0.15, -0.1) is 11.3 Å². The van der Waals surface area contributed by atoms with E-state index in [2.05, 4.69) is 52.0 Å². The quantitative estimate of drug-likeness (QED) is 0.661. The van der Waals surface area contributed by atoms with E-state index in [4.69, 9.17) is 0 Å². The largest absolute Gasteiger partial charge is 0.545 e. The Labute approximate surface area is 172 Å². The first-order chi connectivity index (χ1) is 13.2. The number of hydrogen-bond acceptors (Lipinski definition) is 3. The van der Waals surface area contributed by atoms with Gasteiger partial charge in [0.05, 0.1) is 5.97 Å². The fourth-order valence-electron chi connectivity index (χ4n) is 4.98. The number of carboxylic acids is 1. The van der Waals surface area contributed by atoms with E-state index in [0.717, 1.165) is 23.8 Å². The van der Waals surface area contributed by atoms with Crippen molar-refractivity contribution in [3.8, 4) is 0 Å². The topological polar surface area (TPSA) is 40.1 Å². The molecule has 2 nitrogen and oxygen atoms in total. The number of carboxylic acid groups (broad SMARTS) is 1. The maximum absolute atomic E-state index is 10.8. The number of carbonyl (C=O) groups excluding carboxylic acids is 1. The molecule has 0 saturated heterocycles. The smallest absolute Gasteiger partial charge is 0.0643 e. The van der Waals surface area contributed by atoms with Crippen LogP contribution in [-0.4, -0.2) is 5.97 Å². The molecule has 3 heteroatoms. The molecule has 28 heavy (non-hydrogen) atoms. The van der Waals surface area contributed by atoms with E-state index in [-0.39, 0.29) is 10.8 Å². The molecule has 2 aliphatic carbocycles. The zero-order valence-electron chi connectivity index (χ0n) is 17.3. The second kappa shape index (κ2) is 6.88. The fourth-order valence-corrected chi connectivity index (χ4v) is 6.15. The molecule has 1 unspecified atom stereocenters. The summed E-state index contributed by atoms with van der Waals surface area (Å²) in [6.07, 6.45) is 8.72. The van der Waals surface area contributed by atoms with E-state index < -0.39 is 5.97 Å². The zero-order valence-corrected chi connectivity index (χ0v) is 18.1. The standard InChI is InChI=1S/C25H30O2S/c1-24(2)12-13-25(3,4)21-14-16(8-10-20(21)24)18-6-5-7-22-19(18)15-17(28-22)9-11-23(26)27/h8-11,14-15,18H,5-7,12-13H2,1-4H3,(H,26,27)/p-1/b11-9+. The van der Waals surface area contributed by atoms with Crippen molar-refractivity contribution < 1.29 is 9.90 Å². The monoisotopic (exact) mass is 393 g/mol. The van der Waals surface area contributed by atoms with Crippen LogP contribution in [0.25, 0.3) is 6.08 Å². The highest BCUT2D eigenvalue weighted by Crippen LogP contribution is 2.48. The van der Waals surface area contributed by atoms with Gasteiger partial charge < -0.3 is 9.90 Å². The highest BCUT2D eigenvalue weighted by molar-refractivity contribution is 7.13. The van der Waals surface area contributed by atoms with Crippen LogP contribution < -0.4 is 5.11 Å². The predicted molar refractivity (Wildman–Crippen MR) is 115 cm³/mol. The summed E-state index contributed by atoms with van der Waals surface area (Å²) in [5, 5.41) is 10.8. The Hall–Kier alpha value is -1.87. The molecular formula is C25H29O2S-. The Balaban J connectivity index is 1.75. The van der Waals surface area contributed by atoms with E-state index in [1.54, 1.807) is 17.4 Å². The molecule has 0 aliphatic heterocycles. The number of aryl methyl sites for hydroxylation is 1. The first kappa shape index (κ1) is 19.4. The Morgan fingerprint density at radius 3 is 2.54 bits per heavy atom. The van der Waals surface area contributed by atoms with Crippen LogP contribution in [0.15, 0.2) is 30.3 Å². The summed E-state index contributed by atoms with van der Waals surface area (Å²) in [6.45, 7) is 9.50. The maximum atomic E-state index is 10.8. The van der Waals surface area contributed by atoms with Gasteiger partial charge in [0.15, 0.2) is 0 Å². The number of benzene rings is 1. The highest BCUT2D eigenvalue weighted by atomic mass is 32.1. The van der Waals surface area contributed by atoms with Crippen LogP contribution >= 0.6 is 11.3 Å². The predicted octanol–water partition coefficient (Wildman–Crippen LogP) is 5.33. The van der Waals surface area contributed by atoms with Gasteiger partial charge in [-0.05, 0) is 83.4 Å². The molecule has 0 saturated carbocycles. The number of hydrogen-bond donors (Lipinski definition) is 0. The SMILES string of the molecule is CC1(C)CCC(C)(C)c2cc(C3CCCc4sc(/C=C/C(=O)[O-])cc43)ccc21. The summed E-state index contributed by atoms with van der Waals surface area (Å²) >= 11 is 1.73. The van der Waals surface area contributed by atoms with E-state index in [1.807, 2.05) is 0 Å². The molecule has 148 valence electrons. The molecule has 2 aliphatic rings. The third-order valence-corrected chi connectivity index (χ3v) is 7.97. The lowest BCUT2D eigenvalue weighted by Crippen LogP contribution is -2.34. The van der Waals surface area contributed by atoms with Gasteiger partial charge in [0, 0.05) is 15.7 Å². The minimum absolute atomic E-state index is 0.218. The van der Waals surface area contributed by atoms with Crippen LogP contribution in [0.3, 0.4) is 0 Å². The molecule has 1 aromatic carbocycles. The minimum Gasteiger partial charge on any atom is -0.545 e. The van der Waals surface area contributed by atoms with Crippen molar-refractivity contribution in [2.45, 2.75) is 76.5 Å². The Kier molecular flexibility index (Phi) is 4.78. The fraction of sp³-hybridized carbons (Fsp3) is 0.480. The van der Waals surface area contributed by atoms with Crippen LogP contribution in [0.4, 0.5) is 0 Å². The molecule has 2 aromatic rings. The first-order valence-corrected chi connectivity index (χ1v) is 11.2. The van der Waals surface area contributed by atoms with Gasteiger partial charge in [0.2, 0.25) is 0 Å². The lowest BCUT2D eigenvalue weighted by Gasteiger charge is -2.42. The first-order valence-electron chi connectivity index (χ1n) is 10.3. The third-order valence-electron chi connectivity index (χ3n) is 6.80. The van der Waals surface area contributed by atoms with Gasteiger partial charge in [-0.25, -0.2) is 0 Å². The summed E-state index contributed by atoms with van der Waals surface area (Å²) in [6, 6.07) is 9.39. The lowest BCUT2D eigenvalue weighted by molar-refractivity contribution is -0.297. The second-order valence-electron chi connectivity index (χ2n) is 9.70. The van der Waals surface area contributed by atoms with Gasteiger partial charge >= 0.3 is 0 Å². The van der Waals surface area contributed by atoms with Crippen LogP contribution in [0, 0.1) is 0 Å². The van der Waals surface area contributed by atoms with Crippen molar-refractivity contribution >= 4 is 23.4 Å². The summed E-state index contributed by atoms with van der Waals surface area (Å²) in [4.78, 5) is 13.2. The summed E-state index contributed by atoms with van der Waals surface area (Å²) < 4.78 is 0. The van der Waals surface area contributed by atoms with E-state index in [1.165, 1.54) is 46.4 Å². The molecule has 4 rings (SSSR count). The number of rotatable bonds is 3.